The van der Waals surface area contributed by atoms with E-state index in [9.17, 15) is 18.0 Å². The number of halogens is 3. The summed E-state index contributed by atoms with van der Waals surface area (Å²) in [5, 5.41) is 9.60. The molecule has 0 aliphatic carbocycles. The molecule has 0 fully saturated rings. The Morgan fingerprint density at radius 2 is 2.09 bits per heavy atom. The first-order valence-corrected chi connectivity index (χ1v) is 12.2. The van der Waals surface area contributed by atoms with Crippen molar-refractivity contribution in [2.75, 3.05) is 30.4 Å². The number of nitrogens with one attached hydrogen (secondary N) is 2. The lowest BCUT2D eigenvalue weighted by Crippen LogP contribution is -2.34. The molecule has 1 aromatic heterocycles. The summed E-state index contributed by atoms with van der Waals surface area (Å²) in [6, 6.07) is 5.74. The molecule has 1 amide bonds. The van der Waals surface area contributed by atoms with Gasteiger partial charge < -0.3 is 15.4 Å². The number of fused-ring (bicyclic) bond motifs is 1. The number of para-hydroxylation sites is 1. The number of carbonyl (C=O) groups excluding carboxylic acids is 1. The molecule has 6 nitrogen and oxygen atoms in total. The number of carbonyl (C=O) groups is 1. The molecule has 1 aromatic carbocycles. The van der Waals surface area contributed by atoms with E-state index < -0.39 is 18.1 Å². The van der Waals surface area contributed by atoms with Gasteiger partial charge in [-0.25, -0.2) is 4.68 Å². The molecule has 2 N–H and O–H groups in total. The monoisotopic (exact) mass is 480 g/mol. The van der Waals surface area contributed by atoms with E-state index in [1.54, 1.807) is 6.07 Å². The normalized spacial score (nSPS) is 16.6. The van der Waals surface area contributed by atoms with Crippen molar-refractivity contribution < 1.29 is 22.7 Å². The van der Waals surface area contributed by atoms with Gasteiger partial charge in [-0.15, -0.1) is 0 Å². The standard InChI is InChI=1S/C25H35F3N4O2/c1-3-5-9-18(4-2)17-34-15-8-11-19-10-6-7-12-21(19)31-24(33)20-16-30-32-22(25(26,27)28)13-14-29-23(20)32/h6-7,10,12,16,18,22,29H,3-5,8-9,11,13-15,17H2,1-2H3,(H,31,33). The highest BCUT2D eigenvalue weighted by Crippen LogP contribution is 2.38. The molecular weight excluding hydrogens is 445 g/mol. The Kier molecular flexibility index (Phi) is 9.38. The van der Waals surface area contributed by atoms with Crippen LogP contribution in [0.5, 0.6) is 0 Å². The molecule has 1 aliphatic rings. The van der Waals surface area contributed by atoms with Crippen LogP contribution in [0.2, 0.25) is 0 Å². The van der Waals surface area contributed by atoms with Crippen LogP contribution in [-0.4, -0.2) is 41.6 Å². The minimum Gasteiger partial charge on any atom is -0.381 e. The smallest absolute Gasteiger partial charge is 0.381 e. The molecule has 2 unspecified atom stereocenters. The molecule has 2 atom stereocenters. The minimum atomic E-state index is -4.42. The molecule has 0 saturated carbocycles. The van der Waals surface area contributed by atoms with E-state index in [0.717, 1.165) is 36.1 Å². The number of alkyl halides is 3. The molecule has 9 heteroatoms. The maximum atomic E-state index is 13.3. The lowest BCUT2D eigenvalue weighted by molar-refractivity contribution is -0.171. The van der Waals surface area contributed by atoms with Crippen molar-refractivity contribution >= 4 is 17.4 Å². The van der Waals surface area contributed by atoms with Crippen molar-refractivity contribution in [3.63, 3.8) is 0 Å². The Hall–Kier alpha value is -2.55. The van der Waals surface area contributed by atoms with Crippen LogP contribution in [0.3, 0.4) is 0 Å². The van der Waals surface area contributed by atoms with Gasteiger partial charge in [-0.05, 0) is 43.2 Å². The van der Waals surface area contributed by atoms with Gasteiger partial charge in [0.15, 0.2) is 6.04 Å². The highest BCUT2D eigenvalue weighted by atomic mass is 19.4. The zero-order valence-electron chi connectivity index (χ0n) is 20.0. The zero-order valence-corrected chi connectivity index (χ0v) is 20.0. The summed E-state index contributed by atoms with van der Waals surface area (Å²) in [5.41, 5.74) is 1.70. The highest BCUT2D eigenvalue weighted by molar-refractivity contribution is 6.07. The van der Waals surface area contributed by atoms with E-state index in [1.165, 1.54) is 25.5 Å². The quantitative estimate of drug-likeness (QED) is 0.354. The topological polar surface area (TPSA) is 68.2 Å². The second kappa shape index (κ2) is 12.2. The van der Waals surface area contributed by atoms with Crippen molar-refractivity contribution in [3.05, 3.63) is 41.6 Å². The van der Waals surface area contributed by atoms with E-state index in [4.69, 9.17) is 4.74 Å². The minimum absolute atomic E-state index is 0.102. The van der Waals surface area contributed by atoms with Crippen LogP contribution in [0, 0.1) is 5.92 Å². The molecule has 2 heterocycles. The van der Waals surface area contributed by atoms with Gasteiger partial charge in [-0.3, -0.25) is 4.79 Å². The van der Waals surface area contributed by atoms with Crippen LogP contribution in [-0.2, 0) is 11.2 Å². The van der Waals surface area contributed by atoms with Gasteiger partial charge in [-0.1, -0.05) is 51.3 Å². The largest absolute Gasteiger partial charge is 0.410 e. The summed E-state index contributed by atoms with van der Waals surface area (Å²) in [6.45, 7) is 5.93. The first kappa shape index (κ1) is 26.1. The van der Waals surface area contributed by atoms with Crippen LogP contribution in [0.4, 0.5) is 24.7 Å². The number of unbranched alkanes of at least 4 members (excludes halogenated alkanes) is 1. The van der Waals surface area contributed by atoms with Gasteiger partial charge in [0.1, 0.15) is 11.4 Å². The molecule has 0 bridgehead atoms. The summed E-state index contributed by atoms with van der Waals surface area (Å²) in [4.78, 5) is 12.9. The fourth-order valence-corrected chi connectivity index (χ4v) is 4.26. The third-order valence-electron chi connectivity index (χ3n) is 6.32. The summed E-state index contributed by atoms with van der Waals surface area (Å²) in [6.07, 6.45) is 2.92. The van der Waals surface area contributed by atoms with Crippen molar-refractivity contribution in [3.8, 4) is 0 Å². The van der Waals surface area contributed by atoms with Crippen molar-refractivity contribution in [1.82, 2.24) is 9.78 Å². The van der Waals surface area contributed by atoms with E-state index >= 15 is 0 Å². The number of benzene rings is 1. The molecule has 34 heavy (non-hydrogen) atoms. The third kappa shape index (κ3) is 6.74. The summed E-state index contributed by atoms with van der Waals surface area (Å²) in [5.74, 6) is 0.214. The lowest BCUT2D eigenvalue weighted by Gasteiger charge is -2.27. The maximum absolute atomic E-state index is 13.3. The zero-order chi connectivity index (χ0) is 24.6. The van der Waals surface area contributed by atoms with E-state index in [2.05, 4.69) is 29.6 Å². The number of hydrogen-bond donors (Lipinski definition) is 2. The van der Waals surface area contributed by atoms with Crippen LogP contribution in [0.1, 0.15) is 74.3 Å². The summed E-state index contributed by atoms with van der Waals surface area (Å²) >= 11 is 0. The van der Waals surface area contributed by atoms with Gasteiger partial charge >= 0.3 is 6.18 Å². The molecule has 0 spiro atoms. The average molecular weight is 481 g/mol. The number of hydrogen-bond acceptors (Lipinski definition) is 4. The Labute approximate surface area is 199 Å². The van der Waals surface area contributed by atoms with Gasteiger partial charge in [0, 0.05) is 25.4 Å². The van der Waals surface area contributed by atoms with Crippen LogP contribution >= 0.6 is 0 Å². The molecule has 1 aliphatic heterocycles. The maximum Gasteiger partial charge on any atom is 0.410 e. The number of nitrogens with zero attached hydrogens (tertiary/aromatic N) is 2. The Morgan fingerprint density at radius 3 is 2.82 bits per heavy atom. The first-order valence-electron chi connectivity index (χ1n) is 12.2. The lowest BCUT2D eigenvalue weighted by atomic mass is 10.0. The molecule has 3 rings (SSSR count). The second-order valence-electron chi connectivity index (χ2n) is 8.83. The third-order valence-corrected chi connectivity index (χ3v) is 6.32. The van der Waals surface area contributed by atoms with Crippen molar-refractivity contribution in [2.24, 2.45) is 5.92 Å². The van der Waals surface area contributed by atoms with Gasteiger partial charge in [-0.2, -0.15) is 18.3 Å². The first-order chi connectivity index (χ1) is 16.3. The highest BCUT2D eigenvalue weighted by Gasteiger charge is 2.44. The molecule has 0 saturated heterocycles. The predicted molar refractivity (Wildman–Crippen MR) is 127 cm³/mol. The number of rotatable bonds is 12. The molecule has 0 radical (unpaired) electrons. The molecule has 2 aromatic rings. The fourth-order valence-electron chi connectivity index (χ4n) is 4.26. The van der Waals surface area contributed by atoms with Crippen molar-refractivity contribution in [2.45, 2.75) is 71.0 Å². The fraction of sp³-hybridized carbons (Fsp3) is 0.600. The Morgan fingerprint density at radius 1 is 1.29 bits per heavy atom. The van der Waals surface area contributed by atoms with Gasteiger partial charge in [0.2, 0.25) is 0 Å². The SMILES string of the molecule is CCCCC(CC)COCCCc1ccccc1NC(=O)c1cnn2c1NCCC2C(F)(F)F. The predicted octanol–water partition coefficient (Wildman–Crippen LogP) is 6.22. The number of amides is 1. The second-order valence-corrected chi connectivity index (χ2v) is 8.83. The van der Waals surface area contributed by atoms with Crippen LogP contribution in [0.25, 0.3) is 0 Å². The Bertz CT molecular complexity index is 929. The van der Waals surface area contributed by atoms with E-state index in [1.807, 2.05) is 18.2 Å². The van der Waals surface area contributed by atoms with Crippen LogP contribution < -0.4 is 10.6 Å². The van der Waals surface area contributed by atoms with Gasteiger partial charge in [0.05, 0.1) is 6.20 Å². The average Bonchev–Trinajstić information content (AvgIpc) is 3.25. The number of anilines is 2. The van der Waals surface area contributed by atoms with Gasteiger partial charge in [0.25, 0.3) is 5.91 Å². The Balaban J connectivity index is 1.57. The van der Waals surface area contributed by atoms with Crippen molar-refractivity contribution in [1.29, 1.82) is 0 Å². The number of ether oxygens (including phenoxy) is 1. The molecule has 188 valence electrons. The molecular formula is C25H35F3N4O2. The number of aromatic nitrogens is 2. The van der Waals surface area contributed by atoms with Crippen LogP contribution in [0.15, 0.2) is 30.5 Å². The summed E-state index contributed by atoms with van der Waals surface area (Å²) < 4.78 is 46.7. The van der Waals surface area contributed by atoms with E-state index in [-0.39, 0.29) is 24.3 Å². The number of aryl methyl sites for hydroxylation is 1. The van der Waals surface area contributed by atoms with E-state index in [0.29, 0.717) is 18.2 Å². The summed E-state index contributed by atoms with van der Waals surface area (Å²) in [7, 11) is 0.